The maximum atomic E-state index is 11.6. The Bertz CT molecular complexity index is 584. The second kappa shape index (κ2) is 10.7. The highest BCUT2D eigenvalue weighted by Crippen LogP contribution is 2.26. The van der Waals surface area contributed by atoms with Gasteiger partial charge in [0.15, 0.2) is 0 Å². The molecule has 0 amide bonds. The third-order valence-corrected chi connectivity index (χ3v) is 5.52. The summed E-state index contributed by atoms with van der Waals surface area (Å²) in [4.78, 5) is 0. The lowest BCUT2D eigenvalue weighted by Crippen LogP contribution is -2.30. The Kier molecular flexibility index (Phi) is 9.33. The number of aryl methyl sites for hydroxylation is 1. The summed E-state index contributed by atoms with van der Waals surface area (Å²) in [6.07, 6.45) is 3.77. The van der Waals surface area contributed by atoms with E-state index in [1.54, 1.807) is 0 Å². The molecule has 0 radical (unpaired) electrons. The maximum Gasteiger partial charge on any atom is 0.211 e. The molecule has 0 saturated carbocycles. The zero-order valence-electron chi connectivity index (χ0n) is 15.4. The summed E-state index contributed by atoms with van der Waals surface area (Å²) in [5, 5.41) is 3.35. The molecule has 0 aliphatic heterocycles. The molecular formula is C18H32N2O3S. The van der Waals surface area contributed by atoms with Gasteiger partial charge in [-0.2, -0.15) is 0 Å². The summed E-state index contributed by atoms with van der Waals surface area (Å²) in [5.41, 5.74) is 2.61. The van der Waals surface area contributed by atoms with E-state index in [9.17, 15) is 8.42 Å². The van der Waals surface area contributed by atoms with Gasteiger partial charge in [0.25, 0.3) is 0 Å². The molecule has 0 saturated heterocycles. The molecule has 1 aromatic carbocycles. The minimum atomic E-state index is -3.17. The Hall–Kier alpha value is -1.11. The van der Waals surface area contributed by atoms with Crippen molar-refractivity contribution in [1.82, 2.24) is 10.0 Å². The van der Waals surface area contributed by atoms with Gasteiger partial charge in [-0.3, -0.25) is 0 Å². The van der Waals surface area contributed by atoms with Crippen LogP contribution in [0.25, 0.3) is 0 Å². The molecule has 6 heteroatoms. The summed E-state index contributed by atoms with van der Waals surface area (Å²) in [6, 6.07) is 6.47. The van der Waals surface area contributed by atoms with E-state index in [-0.39, 0.29) is 12.3 Å². The number of rotatable bonds is 12. The lowest BCUT2D eigenvalue weighted by Gasteiger charge is -2.20. The minimum Gasteiger partial charge on any atom is -0.492 e. The van der Waals surface area contributed by atoms with Crippen molar-refractivity contribution in [2.75, 3.05) is 26.0 Å². The first-order chi connectivity index (χ1) is 11.5. The van der Waals surface area contributed by atoms with Crippen molar-refractivity contribution in [3.8, 4) is 5.75 Å². The summed E-state index contributed by atoms with van der Waals surface area (Å²) in [7, 11) is -1.20. The number of hydrogen-bond acceptors (Lipinski definition) is 4. The van der Waals surface area contributed by atoms with Crippen molar-refractivity contribution in [2.45, 2.75) is 52.5 Å². The number of nitrogens with one attached hydrogen (secondary N) is 2. The van der Waals surface area contributed by atoms with E-state index >= 15 is 0 Å². The first-order valence-electron chi connectivity index (χ1n) is 8.87. The number of sulfonamides is 1. The first-order valence-corrected chi connectivity index (χ1v) is 10.5. The quantitative estimate of drug-likeness (QED) is 0.565. The molecule has 0 aliphatic carbocycles. The normalized spacial score (nSPS) is 13.0. The van der Waals surface area contributed by atoms with Gasteiger partial charge < -0.3 is 10.1 Å². The van der Waals surface area contributed by atoms with Crippen molar-refractivity contribution in [3.63, 3.8) is 0 Å². The summed E-state index contributed by atoms with van der Waals surface area (Å²) in [5.74, 6) is 0.941. The van der Waals surface area contributed by atoms with E-state index in [0.717, 1.165) is 25.0 Å². The molecule has 0 spiro atoms. The second-order valence-corrected chi connectivity index (χ2v) is 7.85. The van der Waals surface area contributed by atoms with Crippen molar-refractivity contribution in [3.05, 3.63) is 29.3 Å². The van der Waals surface area contributed by atoms with E-state index < -0.39 is 10.0 Å². The summed E-state index contributed by atoms with van der Waals surface area (Å²) in [6.45, 7) is 6.80. The molecule has 5 nitrogen and oxygen atoms in total. The van der Waals surface area contributed by atoms with Gasteiger partial charge in [0.1, 0.15) is 12.4 Å². The SMILES string of the molecule is CCCc1ccc(OCCNS(=O)(=O)CCC)cc1C(CC)NC. The fourth-order valence-corrected chi connectivity index (χ4v) is 3.85. The van der Waals surface area contributed by atoms with Gasteiger partial charge in [-0.15, -0.1) is 0 Å². The van der Waals surface area contributed by atoms with Crippen LogP contribution in [-0.2, 0) is 16.4 Å². The van der Waals surface area contributed by atoms with Crippen LogP contribution in [0.15, 0.2) is 18.2 Å². The van der Waals surface area contributed by atoms with E-state index in [1.165, 1.54) is 11.1 Å². The van der Waals surface area contributed by atoms with Crippen LogP contribution < -0.4 is 14.8 Å². The van der Waals surface area contributed by atoms with Crippen LogP contribution in [0, 0.1) is 0 Å². The molecule has 0 fully saturated rings. The average molecular weight is 357 g/mol. The van der Waals surface area contributed by atoms with E-state index in [2.05, 4.69) is 36.0 Å². The molecule has 0 heterocycles. The fraction of sp³-hybridized carbons (Fsp3) is 0.667. The van der Waals surface area contributed by atoms with E-state index in [4.69, 9.17) is 4.74 Å². The topological polar surface area (TPSA) is 67.4 Å². The van der Waals surface area contributed by atoms with Gasteiger partial charge in [0.05, 0.1) is 5.75 Å². The fourth-order valence-electron chi connectivity index (χ4n) is 2.77. The van der Waals surface area contributed by atoms with Crippen molar-refractivity contribution in [2.24, 2.45) is 0 Å². The Morgan fingerprint density at radius 3 is 2.50 bits per heavy atom. The van der Waals surface area contributed by atoms with Crippen LogP contribution in [0.4, 0.5) is 0 Å². The van der Waals surface area contributed by atoms with Crippen molar-refractivity contribution in [1.29, 1.82) is 0 Å². The van der Waals surface area contributed by atoms with Gasteiger partial charge in [0, 0.05) is 12.6 Å². The maximum absolute atomic E-state index is 11.6. The molecule has 0 bridgehead atoms. The lowest BCUT2D eigenvalue weighted by atomic mass is 9.95. The Morgan fingerprint density at radius 2 is 1.92 bits per heavy atom. The largest absolute Gasteiger partial charge is 0.492 e. The third-order valence-electron chi connectivity index (χ3n) is 3.93. The molecule has 0 aliphatic rings. The first kappa shape index (κ1) is 20.9. The van der Waals surface area contributed by atoms with Crippen LogP contribution >= 0.6 is 0 Å². The van der Waals surface area contributed by atoms with Gasteiger partial charge in [-0.05, 0) is 49.6 Å². The monoisotopic (exact) mass is 356 g/mol. The lowest BCUT2D eigenvalue weighted by molar-refractivity contribution is 0.322. The molecule has 138 valence electrons. The molecule has 1 aromatic rings. The Balaban J connectivity index is 2.70. The van der Waals surface area contributed by atoms with Gasteiger partial charge in [-0.25, -0.2) is 13.1 Å². The molecule has 1 atom stereocenters. The summed E-state index contributed by atoms with van der Waals surface area (Å²) >= 11 is 0. The van der Waals surface area contributed by atoms with Crippen LogP contribution in [0.2, 0.25) is 0 Å². The zero-order chi connectivity index (χ0) is 18.0. The predicted octanol–water partition coefficient (Wildman–Crippen LogP) is 3.02. The Labute approximate surface area is 147 Å². The minimum absolute atomic E-state index is 0.156. The standard InChI is InChI=1S/C18H32N2O3S/c1-5-8-15-9-10-16(14-17(15)18(7-3)19-4)23-12-11-20-24(21,22)13-6-2/h9-10,14,18-20H,5-8,11-13H2,1-4H3. The smallest absolute Gasteiger partial charge is 0.211 e. The highest BCUT2D eigenvalue weighted by Gasteiger charge is 2.13. The van der Waals surface area contributed by atoms with Gasteiger partial charge >= 0.3 is 0 Å². The van der Waals surface area contributed by atoms with E-state index in [1.807, 2.05) is 20.0 Å². The third kappa shape index (κ3) is 6.79. The van der Waals surface area contributed by atoms with Crippen molar-refractivity contribution < 1.29 is 13.2 Å². The second-order valence-electron chi connectivity index (χ2n) is 5.92. The highest BCUT2D eigenvalue weighted by atomic mass is 32.2. The van der Waals surface area contributed by atoms with Crippen LogP contribution in [-0.4, -0.2) is 34.4 Å². The zero-order valence-corrected chi connectivity index (χ0v) is 16.2. The summed E-state index contributed by atoms with van der Waals surface area (Å²) < 4.78 is 31.5. The predicted molar refractivity (Wildman–Crippen MR) is 100 cm³/mol. The van der Waals surface area contributed by atoms with Gasteiger partial charge in [-0.1, -0.05) is 33.3 Å². The van der Waals surface area contributed by atoms with Crippen LogP contribution in [0.1, 0.15) is 57.2 Å². The molecule has 1 unspecified atom stereocenters. The van der Waals surface area contributed by atoms with Crippen molar-refractivity contribution >= 4 is 10.0 Å². The molecular weight excluding hydrogens is 324 g/mol. The molecule has 1 rings (SSSR count). The highest BCUT2D eigenvalue weighted by molar-refractivity contribution is 7.89. The Morgan fingerprint density at radius 1 is 1.17 bits per heavy atom. The van der Waals surface area contributed by atoms with Gasteiger partial charge in [0.2, 0.25) is 10.0 Å². The van der Waals surface area contributed by atoms with E-state index in [0.29, 0.717) is 19.1 Å². The number of hydrogen-bond donors (Lipinski definition) is 2. The number of benzene rings is 1. The number of ether oxygens (including phenoxy) is 1. The molecule has 2 N–H and O–H groups in total. The average Bonchev–Trinajstić information content (AvgIpc) is 2.55. The van der Waals surface area contributed by atoms with Crippen LogP contribution in [0.5, 0.6) is 5.75 Å². The van der Waals surface area contributed by atoms with Crippen LogP contribution in [0.3, 0.4) is 0 Å². The molecule has 24 heavy (non-hydrogen) atoms. The molecule has 0 aromatic heterocycles.